The van der Waals surface area contributed by atoms with Gasteiger partial charge in [-0.15, -0.1) is 0 Å². The van der Waals surface area contributed by atoms with Crippen molar-refractivity contribution >= 4 is 38.6 Å². The lowest BCUT2D eigenvalue weighted by atomic mass is 9.84. The smallest absolute Gasteiger partial charge is 0.259 e. The molecule has 0 spiro atoms. The number of sulfonamides is 1. The van der Waals surface area contributed by atoms with E-state index in [4.69, 9.17) is 14.5 Å². The Hall–Kier alpha value is -4.95. The second-order valence-corrected chi connectivity index (χ2v) is 22.4. The quantitative estimate of drug-likeness (QED) is 0.156. The van der Waals surface area contributed by atoms with E-state index in [0.29, 0.717) is 50.0 Å². The number of rotatable bonds is 11. The number of phenolic OH excluding ortho intramolecular Hbond substituents is 1. The maximum atomic E-state index is 14.8. The lowest BCUT2D eigenvalue weighted by molar-refractivity contribution is -0.164. The number of nitrogens with zero attached hydrogens (tertiary/aromatic N) is 6. The molecule has 3 fully saturated rings. The van der Waals surface area contributed by atoms with E-state index in [1.165, 1.54) is 14.2 Å². The summed E-state index contributed by atoms with van der Waals surface area (Å²) in [6, 6.07) is 12.7. The number of carbonyl (C=O) groups excluding carboxylic acids is 3. The number of aryl methyl sites for hydroxylation is 1. The van der Waals surface area contributed by atoms with E-state index >= 15 is 0 Å². The summed E-state index contributed by atoms with van der Waals surface area (Å²) in [5.74, 6) is -2.37. The minimum atomic E-state index is -3.54. The van der Waals surface area contributed by atoms with E-state index in [1.54, 1.807) is 44.4 Å². The average Bonchev–Trinajstić information content (AvgIpc) is 3.97. The third kappa shape index (κ3) is 9.78. The van der Waals surface area contributed by atoms with Crippen molar-refractivity contribution in [1.82, 2.24) is 39.4 Å². The Morgan fingerprint density at radius 3 is 2.50 bits per heavy atom. The molecule has 2 unspecified atom stereocenters. The molecule has 4 aliphatic heterocycles. The Morgan fingerprint density at radius 2 is 1.82 bits per heavy atom. The fraction of sp³-hybridized carbons (Fsp3) is 0.560. The Kier molecular flexibility index (Phi) is 14.1. The molecule has 0 aliphatic carbocycles. The summed E-state index contributed by atoms with van der Waals surface area (Å²) in [6.07, 6.45) is 1.86. The number of nitrogens with one attached hydrogen (secondary N) is 2. The van der Waals surface area contributed by atoms with Crippen molar-refractivity contribution in [3.63, 3.8) is 0 Å². The number of pyridine rings is 1. The van der Waals surface area contributed by atoms with Gasteiger partial charge in [0.1, 0.15) is 23.2 Å². The van der Waals surface area contributed by atoms with Gasteiger partial charge in [-0.3, -0.25) is 29.3 Å². The van der Waals surface area contributed by atoms with Gasteiger partial charge in [-0.2, -0.15) is 4.31 Å². The summed E-state index contributed by atoms with van der Waals surface area (Å²) in [6.45, 7) is 13.6. The van der Waals surface area contributed by atoms with Crippen LogP contribution in [0.5, 0.6) is 5.75 Å². The molecule has 8 rings (SSSR count). The highest BCUT2D eigenvalue weighted by molar-refractivity contribution is 7.90. The number of fused-ring (bicyclic) bond motifs is 6. The average molecular weight is 957 g/mol. The lowest BCUT2D eigenvalue weighted by Gasteiger charge is -2.41. The molecule has 4 aliphatic rings. The molecule has 2 aromatic carbocycles. The van der Waals surface area contributed by atoms with Crippen molar-refractivity contribution in [2.45, 2.75) is 110 Å². The Bertz CT molecular complexity index is 2670. The third-order valence-corrected chi connectivity index (χ3v) is 16.4. The van der Waals surface area contributed by atoms with Gasteiger partial charge in [0, 0.05) is 76.0 Å². The number of hydrazine groups is 1. The normalized spacial score (nSPS) is 24.5. The van der Waals surface area contributed by atoms with Gasteiger partial charge in [-0.25, -0.2) is 13.8 Å². The Morgan fingerprint density at radius 1 is 1.09 bits per heavy atom. The number of amides is 3. The standard InChI is InChI=1S/C50H68N8O9S/c1-10-57-41-16-15-32-23-37(41)38(45(57)36-13-11-17-51-43(36)30(4)66-9)24-50(5,6)28-67-49(63)39-14-12-18-58(53-39)48(62)40(21-31-19-33(32)22-35(59)20-31)52-46(60)44(29(2)3)55(8)47(61)34-25-56(26-34)68(64,65)42-27-54(42)7/h11,13,15-17,19-20,22-23,29-30,34,39-40,42,44,49,53,59,63H,10,12,14,18,21,24-28H2,1-9H3,(H,52,60)/t30-,39-,40-,42+,44-,49?,54?/m0/s1. The number of likely N-dealkylation sites (N-methyl/N-ethyl adjacent to an activating group) is 2. The first-order valence-electron chi connectivity index (χ1n) is 23.8. The van der Waals surface area contributed by atoms with Crippen LogP contribution in [-0.4, -0.2) is 149 Å². The van der Waals surface area contributed by atoms with Crippen molar-refractivity contribution in [3.05, 3.63) is 71.5 Å². The summed E-state index contributed by atoms with van der Waals surface area (Å²) < 4.78 is 41.7. The van der Waals surface area contributed by atoms with Gasteiger partial charge in [-0.05, 0) is 110 Å². The second-order valence-electron chi connectivity index (χ2n) is 20.3. The highest BCUT2D eigenvalue weighted by Crippen LogP contribution is 2.42. The highest BCUT2D eigenvalue weighted by Gasteiger charge is 2.51. The molecule has 4 N–H and O–H groups in total. The van der Waals surface area contributed by atoms with Gasteiger partial charge >= 0.3 is 0 Å². The molecule has 4 aromatic rings. The first-order chi connectivity index (χ1) is 32.2. The van der Waals surface area contributed by atoms with Crippen molar-refractivity contribution in [2.24, 2.45) is 17.3 Å². The molecule has 0 saturated carbocycles. The van der Waals surface area contributed by atoms with Crippen LogP contribution in [0.2, 0.25) is 0 Å². The van der Waals surface area contributed by atoms with Crippen LogP contribution in [0.3, 0.4) is 0 Å². The molecule has 68 heavy (non-hydrogen) atoms. The van der Waals surface area contributed by atoms with Crippen LogP contribution in [0.25, 0.3) is 33.3 Å². The number of hydrogen-bond donors (Lipinski definition) is 4. The molecule has 3 amide bonds. The summed E-state index contributed by atoms with van der Waals surface area (Å²) in [5.41, 5.74) is 9.72. The van der Waals surface area contributed by atoms with E-state index < -0.39 is 63.0 Å². The third-order valence-electron chi connectivity index (χ3n) is 14.2. The minimum Gasteiger partial charge on any atom is -0.508 e. The Balaban J connectivity index is 1.16. The number of aromatic nitrogens is 2. The summed E-state index contributed by atoms with van der Waals surface area (Å²) in [7, 11) is 1.41. The monoisotopic (exact) mass is 956 g/mol. The van der Waals surface area contributed by atoms with Gasteiger partial charge < -0.3 is 34.5 Å². The number of aliphatic hydroxyl groups is 1. The van der Waals surface area contributed by atoms with Gasteiger partial charge in [0.05, 0.1) is 36.1 Å². The van der Waals surface area contributed by atoms with Crippen molar-refractivity contribution in [3.8, 4) is 28.1 Å². The highest BCUT2D eigenvalue weighted by atomic mass is 32.2. The number of phenols is 1. The second kappa shape index (κ2) is 19.4. The van der Waals surface area contributed by atoms with Crippen LogP contribution in [0.4, 0.5) is 0 Å². The fourth-order valence-corrected chi connectivity index (χ4v) is 12.3. The molecule has 2 aromatic heterocycles. The number of carbonyl (C=O) groups is 3. The van der Waals surface area contributed by atoms with Crippen LogP contribution in [-0.2, 0) is 53.3 Å². The molecule has 18 heteroatoms. The number of ether oxygens (including phenoxy) is 2. The van der Waals surface area contributed by atoms with Gasteiger partial charge in [-0.1, -0.05) is 39.8 Å². The number of methoxy groups -OCH3 is 1. The molecule has 3 saturated heterocycles. The predicted molar refractivity (Wildman–Crippen MR) is 258 cm³/mol. The molecule has 6 heterocycles. The lowest BCUT2D eigenvalue weighted by Crippen LogP contribution is -2.63. The van der Waals surface area contributed by atoms with Gasteiger partial charge in [0.25, 0.3) is 5.91 Å². The fourth-order valence-electron chi connectivity index (χ4n) is 10.3. The largest absolute Gasteiger partial charge is 0.508 e. The SMILES string of the molecule is CCn1c(-c2cccnc2[C@H](C)OC)c2c3cc(ccc31)-c1cc(O)cc(c1)C[C@H](NC(=O)[C@H](C(C)C)N(C)C(=O)C1CN(S(=O)(=O)[C@@H]3CN3C)C1)C(=O)N1CCC[C@H](N1)C(O)OCC(C)(C)C2. The molecule has 7 atom stereocenters. The van der Waals surface area contributed by atoms with Crippen LogP contribution in [0.15, 0.2) is 54.7 Å². The van der Waals surface area contributed by atoms with Gasteiger partial charge in [0.2, 0.25) is 21.8 Å². The van der Waals surface area contributed by atoms with Crippen LogP contribution >= 0.6 is 0 Å². The zero-order valence-corrected chi connectivity index (χ0v) is 41.5. The van der Waals surface area contributed by atoms with E-state index in [9.17, 15) is 33.0 Å². The number of aromatic hydroxyl groups is 1. The van der Waals surface area contributed by atoms with Crippen LogP contribution < -0.4 is 10.7 Å². The van der Waals surface area contributed by atoms with Crippen LogP contribution in [0, 0.1) is 17.3 Å². The van der Waals surface area contributed by atoms with E-state index in [2.05, 4.69) is 54.3 Å². The van der Waals surface area contributed by atoms with E-state index in [1.807, 2.05) is 39.0 Å². The maximum absolute atomic E-state index is 14.8. The zero-order valence-electron chi connectivity index (χ0n) is 40.7. The van der Waals surface area contributed by atoms with E-state index in [-0.39, 0.29) is 49.8 Å². The number of hydrogen-bond acceptors (Lipinski definition) is 12. The van der Waals surface area contributed by atoms with Crippen molar-refractivity contribution in [1.29, 1.82) is 0 Å². The topological polar surface area (TPSA) is 199 Å². The molecule has 17 nitrogen and oxygen atoms in total. The molecule has 6 bridgehead atoms. The first kappa shape index (κ1) is 49.5. The Labute approximate surface area is 399 Å². The van der Waals surface area contributed by atoms with Gasteiger partial charge in [0.15, 0.2) is 6.29 Å². The molecule has 0 radical (unpaired) electrons. The van der Waals surface area contributed by atoms with Crippen molar-refractivity contribution in [2.75, 3.05) is 54.0 Å². The maximum Gasteiger partial charge on any atom is 0.259 e. The van der Waals surface area contributed by atoms with Crippen LogP contribution in [0.1, 0.15) is 77.3 Å². The number of aliphatic hydroxyl groups excluding tert-OH is 1. The van der Waals surface area contributed by atoms with E-state index in [0.717, 1.165) is 39.0 Å². The molecular weight excluding hydrogens is 889 g/mol. The molecule has 368 valence electrons. The van der Waals surface area contributed by atoms with Crippen molar-refractivity contribution < 1.29 is 42.5 Å². The molecular formula is C50H68N8O9S. The first-order valence-corrected chi connectivity index (χ1v) is 25.3. The number of benzene rings is 2. The summed E-state index contributed by atoms with van der Waals surface area (Å²) in [5, 5.41) is 27.8. The minimum absolute atomic E-state index is 0.0130. The predicted octanol–water partition coefficient (Wildman–Crippen LogP) is 4.26. The summed E-state index contributed by atoms with van der Waals surface area (Å²) >= 11 is 0. The zero-order chi connectivity index (χ0) is 49.0. The summed E-state index contributed by atoms with van der Waals surface area (Å²) in [4.78, 5) is 51.1.